The van der Waals surface area contributed by atoms with Gasteiger partial charge >= 0.3 is 0 Å². The third-order valence-corrected chi connectivity index (χ3v) is 9.37. The summed E-state index contributed by atoms with van der Waals surface area (Å²) in [6, 6.07) is 1.61. The van der Waals surface area contributed by atoms with Crippen LogP contribution in [-0.4, -0.2) is 9.52 Å². The first-order valence-corrected chi connectivity index (χ1v) is 13.4. The van der Waals surface area contributed by atoms with E-state index < -0.39 is 0 Å². The van der Waals surface area contributed by atoms with Crippen molar-refractivity contribution in [1.29, 1.82) is 0 Å². The molecule has 0 aromatic carbocycles. The van der Waals surface area contributed by atoms with E-state index in [2.05, 4.69) is 38.2 Å². The first-order chi connectivity index (χ1) is 12.3. The summed E-state index contributed by atoms with van der Waals surface area (Å²) in [4.78, 5) is 0. The minimum atomic E-state index is 0.246. The summed E-state index contributed by atoms with van der Waals surface area (Å²) in [5, 5.41) is 0. The van der Waals surface area contributed by atoms with Crippen LogP contribution in [0.3, 0.4) is 0 Å². The Labute approximate surface area is 160 Å². The fourth-order valence-corrected chi connectivity index (χ4v) is 7.30. The van der Waals surface area contributed by atoms with E-state index in [0.29, 0.717) is 0 Å². The average molecular weight is 361 g/mol. The van der Waals surface area contributed by atoms with Crippen molar-refractivity contribution in [3.05, 3.63) is 24.3 Å². The Morgan fingerprint density at radius 2 is 1.76 bits per heavy atom. The van der Waals surface area contributed by atoms with E-state index in [1.54, 1.807) is 18.9 Å². The van der Waals surface area contributed by atoms with Crippen molar-refractivity contribution in [3.63, 3.8) is 0 Å². The predicted octanol–water partition coefficient (Wildman–Crippen LogP) is 7.46. The van der Waals surface area contributed by atoms with Gasteiger partial charge in [-0.3, -0.25) is 0 Å². The molecule has 2 rings (SSSR count). The van der Waals surface area contributed by atoms with Gasteiger partial charge in [-0.05, 0) is 69.6 Å². The van der Waals surface area contributed by atoms with Crippen LogP contribution in [0.25, 0.3) is 0 Å². The van der Waals surface area contributed by atoms with E-state index in [1.807, 2.05) is 0 Å². The summed E-state index contributed by atoms with van der Waals surface area (Å²) in [7, 11) is 0.246. The molecule has 25 heavy (non-hydrogen) atoms. The van der Waals surface area contributed by atoms with Gasteiger partial charge < -0.3 is 0 Å². The molecule has 0 aromatic heterocycles. The SMILES string of the molecule is C/C=C/CCC1CCC(/C=C/C(C)CCC[SiH2]C2CCCCC2)CC1. The molecule has 0 heterocycles. The Hall–Kier alpha value is -0.303. The highest BCUT2D eigenvalue weighted by atomic mass is 28.2. The molecule has 0 N–H and O–H groups in total. The molecule has 0 spiro atoms. The number of hydrogen-bond donors (Lipinski definition) is 0. The van der Waals surface area contributed by atoms with Gasteiger partial charge in [0.05, 0.1) is 0 Å². The first kappa shape index (κ1) is 21.0. The maximum Gasteiger partial charge on any atom is 0.0231 e. The van der Waals surface area contributed by atoms with Gasteiger partial charge in [0.15, 0.2) is 0 Å². The average Bonchev–Trinajstić information content (AvgIpc) is 2.66. The topological polar surface area (TPSA) is 0 Å². The lowest BCUT2D eigenvalue weighted by Crippen LogP contribution is -2.13. The van der Waals surface area contributed by atoms with Crippen molar-refractivity contribution in [2.45, 2.75) is 109 Å². The molecule has 1 unspecified atom stereocenters. The summed E-state index contributed by atoms with van der Waals surface area (Å²) in [5.41, 5.74) is 1.21. The predicted molar refractivity (Wildman–Crippen MR) is 117 cm³/mol. The molecular formula is C24H44Si. The summed E-state index contributed by atoms with van der Waals surface area (Å²) in [5.74, 6) is 2.70. The molecule has 2 aliphatic rings. The monoisotopic (exact) mass is 360 g/mol. The highest BCUT2D eigenvalue weighted by Crippen LogP contribution is 2.33. The summed E-state index contributed by atoms with van der Waals surface area (Å²) >= 11 is 0. The van der Waals surface area contributed by atoms with E-state index in [9.17, 15) is 0 Å². The van der Waals surface area contributed by atoms with Crippen LogP contribution in [0.5, 0.6) is 0 Å². The molecule has 0 aliphatic heterocycles. The van der Waals surface area contributed by atoms with Gasteiger partial charge in [0, 0.05) is 9.52 Å². The number of allylic oxidation sites excluding steroid dienone is 4. The van der Waals surface area contributed by atoms with Gasteiger partial charge in [-0.25, -0.2) is 0 Å². The number of rotatable bonds is 10. The summed E-state index contributed by atoms with van der Waals surface area (Å²) < 4.78 is 0. The van der Waals surface area contributed by atoms with Crippen molar-refractivity contribution in [1.82, 2.24) is 0 Å². The van der Waals surface area contributed by atoms with Crippen LogP contribution in [0.2, 0.25) is 11.6 Å². The molecule has 0 amide bonds. The highest BCUT2D eigenvalue weighted by molar-refractivity contribution is 6.37. The van der Waals surface area contributed by atoms with Crippen LogP contribution in [0.4, 0.5) is 0 Å². The summed E-state index contributed by atoms with van der Waals surface area (Å²) in [6.07, 6.45) is 28.9. The van der Waals surface area contributed by atoms with Gasteiger partial charge in [0.25, 0.3) is 0 Å². The van der Waals surface area contributed by atoms with Crippen molar-refractivity contribution < 1.29 is 0 Å². The van der Waals surface area contributed by atoms with Crippen molar-refractivity contribution in [2.24, 2.45) is 17.8 Å². The zero-order valence-corrected chi connectivity index (χ0v) is 18.6. The quantitative estimate of drug-likeness (QED) is 0.215. The lowest BCUT2D eigenvalue weighted by Gasteiger charge is -2.26. The zero-order valence-electron chi connectivity index (χ0n) is 17.2. The zero-order chi connectivity index (χ0) is 17.7. The Morgan fingerprint density at radius 3 is 2.48 bits per heavy atom. The van der Waals surface area contributed by atoms with Gasteiger partial charge in [-0.1, -0.05) is 81.3 Å². The van der Waals surface area contributed by atoms with Crippen LogP contribution in [0.15, 0.2) is 24.3 Å². The molecule has 2 fully saturated rings. The molecule has 2 saturated carbocycles. The summed E-state index contributed by atoms with van der Waals surface area (Å²) in [6.45, 7) is 4.59. The van der Waals surface area contributed by atoms with Crippen molar-refractivity contribution in [2.75, 3.05) is 0 Å². The lowest BCUT2D eigenvalue weighted by atomic mass is 9.79. The van der Waals surface area contributed by atoms with E-state index >= 15 is 0 Å². The molecular weight excluding hydrogens is 316 g/mol. The molecule has 144 valence electrons. The molecule has 1 heteroatoms. The molecule has 0 nitrogen and oxygen atoms in total. The normalized spacial score (nSPS) is 27.8. The molecule has 0 radical (unpaired) electrons. The van der Waals surface area contributed by atoms with Gasteiger partial charge in [0.2, 0.25) is 0 Å². The minimum absolute atomic E-state index is 0.246. The van der Waals surface area contributed by atoms with E-state index in [4.69, 9.17) is 0 Å². The molecule has 0 aromatic rings. The standard InChI is InChI=1S/C24H44Si/c1-3-4-6-11-22-16-18-23(19-17-22)15-14-21(2)10-9-20-25-24-12-7-5-8-13-24/h3-4,14-15,21-24H,5-13,16-20,25H2,1-2H3/b4-3+,15-14+. The van der Waals surface area contributed by atoms with Crippen LogP contribution in [-0.2, 0) is 0 Å². The third kappa shape index (κ3) is 9.27. The van der Waals surface area contributed by atoms with Crippen LogP contribution in [0, 0.1) is 17.8 Å². The molecule has 0 saturated heterocycles. The molecule has 1 atom stereocenters. The second kappa shape index (κ2) is 13.0. The van der Waals surface area contributed by atoms with Crippen LogP contribution < -0.4 is 0 Å². The largest absolute Gasteiger partial charge is 0.0917 e. The first-order valence-electron chi connectivity index (χ1n) is 11.6. The second-order valence-electron chi connectivity index (χ2n) is 9.08. The van der Waals surface area contributed by atoms with E-state index in [-0.39, 0.29) is 9.52 Å². The maximum atomic E-state index is 2.59. The lowest BCUT2D eigenvalue weighted by molar-refractivity contribution is 0.296. The van der Waals surface area contributed by atoms with E-state index in [0.717, 1.165) is 17.8 Å². The van der Waals surface area contributed by atoms with Gasteiger partial charge in [-0.15, -0.1) is 0 Å². The third-order valence-electron chi connectivity index (χ3n) is 6.83. The van der Waals surface area contributed by atoms with Gasteiger partial charge in [0.1, 0.15) is 0 Å². The molecule has 0 bridgehead atoms. The van der Waals surface area contributed by atoms with E-state index in [1.165, 1.54) is 76.2 Å². The minimum Gasteiger partial charge on any atom is -0.0917 e. The van der Waals surface area contributed by atoms with Crippen LogP contribution in [0.1, 0.15) is 97.3 Å². The fraction of sp³-hybridized carbons (Fsp3) is 0.833. The molecule has 2 aliphatic carbocycles. The Bertz CT molecular complexity index is 370. The Kier molecular flexibility index (Phi) is 10.9. The van der Waals surface area contributed by atoms with Crippen LogP contribution >= 0.6 is 0 Å². The Morgan fingerprint density at radius 1 is 1.00 bits per heavy atom. The fourth-order valence-electron chi connectivity index (χ4n) is 4.99. The van der Waals surface area contributed by atoms with Crippen molar-refractivity contribution in [3.8, 4) is 0 Å². The smallest absolute Gasteiger partial charge is 0.0231 e. The maximum absolute atomic E-state index is 2.59. The van der Waals surface area contributed by atoms with Crippen molar-refractivity contribution >= 4 is 9.52 Å². The highest BCUT2D eigenvalue weighted by Gasteiger charge is 2.19. The van der Waals surface area contributed by atoms with Gasteiger partial charge in [-0.2, -0.15) is 0 Å². The second-order valence-corrected chi connectivity index (χ2v) is 11.5. The number of hydrogen-bond acceptors (Lipinski definition) is 0. The Balaban J connectivity index is 1.51.